The SMILES string of the molecule is NN(C(=O)C1CCC(C(=O)N[C@@H](Cc2ccc(OCc3c(Cl)cccc3Cl)cc2)C(=O)O)CC1)c1ccc(Br)cc1. The molecule has 2 amide bonds. The number of ether oxygens (including phenoxy) is 1. The Kier molecular flexibility index (Phi) is 10.7. The Labute approximate surface area is 256 Å². The standard InChI is InChI=1S/C30H30BrCl2N3O5/c31-21-10-12-22(13-11-21)36(34)29(38)20-8-6-19(7-9-20)28(37)35-27(30(39)40)16-18-4-14-23(15-5-18)41-17-24-25(32)2-1-3-26(24)33/h1-5,10-15,19-20,27H,6-9,16-17,34H2,(H,35,37)(H,39,40)/t19?,20?,27-/m0/s1. The van der Waals surface area contributed by atoms with Crippen LogP contribution in [-0.2, 0) is 27.4 Å². The lowest BCUT2D eigenvalue weighted by molar-refractivity contribution is -0.142. The van der Waals surface area contributed by atoms with Crippen LogP contribution < -0.4 is 20.9 Å². The smallest absolute Gasteiger partial charge is 0.326 e. The zero-order chi connectivity index (χ0) is 29.5. The van der Waals surface area contributed by atoms with Crippen molar-refractivity contribution in [3.8, 4) is 5.75 Å². The summed E-state index contributed by atoms with van der Waals surface area (Å²) in [6.45, 7) is 0.188. The molecule has 1 fully saturated rings. The second-order valence-electron chi connectivity index (χ2n) is 9.97. The molecule has 0 bridgehead atoms. The van der Waals surface area contributed by atoms with Crippen LogP contribution in [0, 0.1) is 11.8 Å². The van der Waals surface area contributed by atoms with Crippen LogP contribution in [0.2, 0.25) is 10.0 Å². The van der Waals surface area contributed by atoms with E-state index < -0.39 is 12.0 Å². The quantitative estimate of drug-likeness (QED) is 0.136. The predicted molar refractivity (Wildman–Crippen MR) is 162 cm³/mol. The van der Waals surface area contributed by atoms with E-state index in [0.29, 0.717) is 52.7 Å². The maximum absolute atomic E-state index is 13.0. The Balaban J connectivity index is 1.27. The topological polar surface area (TPSA) is 122 Å². The maximum Gasteiger partial charge on any atom is 0.326 e. The molecule has 1 aliphatic carbocycles. The molecule has 8 nitrogen and oxygen atoms in total. The molecule has 1 atom stereocenters. The van der Waals surface area contributed by atoms with Gasteiger partial charge in [0.05, 0.1) is 5.69 Å². The summed E-state index contributed by atoms with van der Waals surface area (Å²) in [5.74, 6) is 4.33. The molecule has 0 radical (unpaired) electrons. The van der Waals surface area contributed by atoms with E-state index in [4.69, 9.17) is 33.8 Å². The van der Waals surface area contributed by atoms with Gasteiger partial charge in [0.2, 0.25) is 11.8 Å². The number of rotatable bonds is 10. The Morgan fingerprint density at radius 3 is 2.12 bits per heavy atom. The largest absolute Gasteiger partial charge is 0.489 e. The fourth-order valence-corrected chi connectivity index (χ4v) is 5.57. The third kappa shape index (κ3) is 8.23. The molecule has 0 unspecified atom stereocenters. The summed E-state index contributed by atoms with van der Waals surface area (Å²) in [6, 6.07) is 18.2. The van der Waals surface area contributed by atoms with Crippen LogP contribution in [0.1, 0.15) is 36.8 Å². The predicted octanol–water partition coefficient (Wildman–Crippen LogP) is 6.16. The van der Waals surface area contributed by atoms with E-state index in [-0.39, 0.29) is 36.7 Å². The zero-order valence-electron chi connectivity index (χ0n) is 22.1. The fourth-order valence-electron chi connectivity index (χ4n) is 4.80. The van der Waals surface area contributed by atoms with Crippen molar-refractivity contribution >= 4 is 62.6 Å². The van der Waals surface area contributed by atoms with Crippen LogP contribution in [0.3, 0.4) is 0 Å². The van der Waals surface area contributed by atoms with Gasteiger partial charge < -0.3 is 15.2 Å². The molecule has 1 aliphatic rings. The third-order valence-electron chi connectivity index (χ3n) is 7.21. The summed E-state index contributed by atoms with van der Waals surface area (Å²) in [4.78, 5) is 37.8. The highest BCUT2D eigenvalue weighted by Gasteiger charge is 2.33. The summed E-state index contributed by atoms with van der Waals surface area (Å²) < 4.78 is 6.67. The minimum absolute atomic E-state index is 0.112. The second kappa shape index (κ2) is 14.2. The number of carboxylic acids is 1. The van der Waals surface area contributed by atoms with Gasteiger partial charge in [0.15, 0.2) is 0 Å². The van der Waals surface area contributed by atoms with Crippen molar-refractivity contribution in [2.24, 2.45) is 17.7 Å². The molecule has 0 heterocycles. The molecule has 11 heteroatoms. The van der Waals surface area contributed by atoms with Crippen molar-refractivity contribution in [2.45, 2.75) is 44.8 Å². The van der Waals surface area contributed by atoms with Crippen molar-refractivity contribution in [1.29, 1.82) is 0 Å². The Morgan fingerprint density at radius 1 is 0.951 bits per heavy atom. The molecule has 0 saturated heterocycles. The van der Waals surface area contributed by atoms with Crippen molar-refractivity contribution in [3.63, 3.8) is 0 Å². The van der Waals surface area contributed by atoms with Crippen LogP contribution >= 0.6 is 39.1 Å². The Hall–Kier alpha value is -3.11. The van der Waals surface area contributed by atoms with Crippen molar-refractivity contribution in [1.82, 2.24) is 5.32 Å². The number of hydrogen-bond acceptors (Lipinski definition) is 5. The molecule has 1 saturated carbocycles. The van der Waals surface area contributed by atoms with Gasteiger partial charge in [-0.1, -0.05) is 57.3 Å². The molecule has 0 aliphatic heterocycles. The lowest BCUT2D eigenvalue weighted by Crippen LogP contribution is -2.47. The summed E-state index contributed by atoms with van der Waals surface area (Å²) in [7, 11) is 0. The lowest BCUT2D eigenvalue weighted by atomic mass is 9.81. The Bertz CT molecular complexity index is 1360. The highest BCUT2D eigenvalue weighted by atomic mass is 79.9. The molecular weight excluding hydrogens is 633 g/mol. The third-order valence-corrected chi connectivity index (χ3v) is 8.45. The van der Waals surface area contributed by atoms with Crippen LogP contribution in [0.5, 0.6) is 5.75 Å². The number of carbonyl (C=O) groups is 3. The average molecular weight is 663 g/mol. The number of amides is 2. The normalized spacial score (nSPS) is 17.4. The fraction of sp³-hybridized carbons (Fsp3) is 0.300. The number of benzene rings is 3. The molecule has 4 N–H and O–H groups in total. The van der Waals surface area contributed by atoms with Crippen molar-refractivity contribution < 1.29 is 24.2 Å². The van der Waals surface area contributed by atoms with E-state index in [2.05, 4.69) is 21.2 Å². The summed E-state index contributed by atoms with van der Waals surface area (Å²) in [5, 5.41) is 14.6. The van der Waals surface area contributed by atoms with Gasteiger partial charge in [0, 0.05) is 38.3 Å². The van der Waals surface area contributed by atoms with Gasteiger partial charge in [-0.3, -0.25) is 9.59 Å². The minimum Gasteiger partial charge on any atom is -0.489 e. The number of carbonyl (C=O) groups excluding carboxylic acids is 2. The Morgan fingerprint density at radius 2 is 1.54 bits per heavy atom. The van der Waals surface area contributed by atoms with Crippen LogP contribution in [0.15, 0.2) is 71.2 Å². The van der Waals surface area contributed by atoms with E-state index in [0.717, 1.165) is 15.0 Å². The molecule has 0 spiro atoms. The van der Waals surface area contributed by atoms with Crippen LogP contribution in [-0.4, -0.2) is 28.9 Å². The number of aliphatic carboxylic acids is 1. The molecular formula is C30H30BrCl2N3O5. The first-order valence-electron chi connectivity index (χ1n) is 13.1. The molecule has 3 aromatic carbocycles. The highest BCUT2D eigenvalue weighted by Crippen LogP contribution is 2.31. The number of hydrogen-bond donors (Lipinski definition) is 3. The van der Waals surface area contributed by atoms with Crippen LogP contribution in [0.25, 0.3) is 0 Å². The van der Waals surface area contributed by atoms with Gasteiger partial charge in [-0.05, 0) is 79.8 Å². The second-order valence-corrected chi connectivity index (χ2v) is 11.7. The first-order valence-corrected chi connectivity index (χ1v) is 14.7. The number of nitrogens with one attached hydrogen (secondary N) is 1. The van der Waals surface area contributed by atoms with E-state index in [9.17, 15) is 19.5 Å². The number of anilines is 1. The van der Waals surface area contributed by atoms with E-state index in [1.807, 2.05) is 12.1 Å². The number of carboxylic acid groups (broad SMARTS) is 1. The minimum atomic E-state index is -1.12. The first-order chi connectivity index (χ1) is 19.6. The van der Waals surface area contributed by atoms with Crippen molar-refractivity contribution in [3.05, 3.63) is 92.4 Å². The van der Waals surface area contributed by atoms with E-state index in [1.54, 1.807) is 54.6 Å². The molecule has 4 rings (SSSR count). The molecule has 3 aromatic rings. The number of halogens is 3. The number of hydrazine groups is 1. The lowest BCUT2D eigenvalue weighted by Gasteiger charge is -2.30. The van der Waals surface area contributed by atoms with Gasteiger partial charge in [0.1, 0.15) is 18.4 Å². The maximum atomic E-state index is 13.0. The first kappa shape index (κ1) is 30.8. The number of nitrogens with two attached hydrogens (primary N) is 1. The summed E-state index contributed by atoms with van der Waals surface area (Å²) in [6.07, 6.45) is 2.06. The molecule has 0 aromatic heterocycles. The molecule has 41 heavy (non-hydrogen) atoms. The van der Waals surface area contributed by atoms with E-state index >= 15 is 0 Å². The molecule has 216 valence electrons. The monoisotopic (exact) mass is 661 g/mol. The van der Waals surface area contributed by atoms with E-state index in [1.165, 1.54) is 0 Å². The van der Waals surface area contributed by atoms with Crippen molar-refractivity contribution in [2.75, 3.05) is 5.01 Å². The van der Waals surface area contributed by atoms with Gasteiger partial charge >= 0.3 is 5.97 Å². The summed E-state index contributed by atoms with van der Waals surface area (Å²) >= 11 is 15.7. The van der Waals surface area contributed by atoms with Gasteiger partial charge in [-0.25, -0.2) is 15.6 Å². The average Bonchev–Trinajstić information content (AvgIpc) is 2.97. The summed E-state index contributed by atoms with van der Waals surface area (Å²) in [5.41, 5.74) is 2.00. The van der Waals surface area contributed by atoms with Gasteiger partial charge in [-0.15, -0.1) is 0 Å². The van der Waals surface area contributed by atoms with Gasteiger partial charge in [0.25, 0.3) is 0 Å². The van der Waals surface area contributed by atoms with Gasteiger partial charge in [-0.2, -0.15) is 0 Å². The zero-order valence-corrected chi connectivity index (χ0v) is 25.2. The highest BCUT2D eigenvalue weighted by molar-refractivity contribution is 9.10. The number of nitrogens with zero attached hydrogens (tertiary/aromatic N) is 1. The van der Waals surface area contributed by atoms with Crippen LogP contribution in [0.4, 0.5) is 5.69 Å².